The number of rotatable bonds is 7. The van der Waals surface area contributed by atoms with Crippen LogP contribution in [0.15, 0.2) is 41.4 Å². The first-order valence-electron chi connectivity index (χ1n) is 7.37. The van der Waals surface area contributed by atoms with E-state index in [-0.39, 0.29) is 17.0 Å². The molecule has 1 heterocycles. The number of hydrogen-bond donors (Lipinski definition) is 1. The predicted octanol–water partition coefficient (Wildman–Crippen LogP) is 1.34. The van der Waals surface area contributed by atoms with Crippen molar-refractivity contribution in [3.8, 4) is 0 Å². The van der Waals surface area contributed by atoms with Gasteiger partial charge >= 0.3 is 0 Å². The van der Waals surface area contributed by atoms with Crippen molar-refractivity contribution < 1.29 is 23.1 Å². The number of aryl methyl sites for hydroxylation is 1. The van der Waals surface area contributed by atoms with Gasteiger partial charge in [-0.1, -0.05) is 24.6 Å². The monoisotopic (exact) mass is 350 g/mol. The molecule has 0 amide bonds. The molecule has 0 fully saturated rings. The molecule has 0 bridgehead atoms. The van der Waals surface area contributed by atoms with Gasteiger partial charge < -0.3 is 5.11 Å². The second-order valence-corrected chi connectivity index (χ2v) is 7.18. The van der Waals surface area contributed by atoms with Crippen LogP contribution in [0.4, 0.5) is 0 Å². The van der Waals surface area contributed by atoms with Gasteiger partial charge in [-0.25, -0.2) is 0 Å². The molecular formula is C16H18N2O5S. The molecule has 0 aliphatic heterocycles. The van der Waals surface area contributed by atoms with Crippen molar-refractivity contribution in [1.82, 2.24) is 9.19 Å². The Labute approximate surface area is 140 Å². The van der Waals surface area contributed by atoms with E-state index >= 15 is 0 Å². The van der Waals surface area contributed by atoms with Crippen LogP contribution in [-0.2, 0) is 14.8 Å². The smallest absolute Gasteiger partial charge is 0.282 e. The zero-order valence-electron chi connectivity index (χ0n) is 13.3. The third kappa shape index (κ3) is 3.77. The normalized spacial score (nSPS) is 12.8. The summed E-state index contributed by atoms with van der Waals surface area (Å²) >= 11 is 0. The number of carbonyl (C=O) groups is 2. The van der Waals surface area contributed by atoms with Gasteiger partial charge in [0.1, 0.15) is 11.8 Å². The van der Waals surface area contributed by atoms with Crippen LogP contribution in [-0.4, -0.2) is 40.4 Å². The SMILES string of the molecule is CCC(O)C(=O)CC(=O)c1ccn(S(=O)(=O)c2ccc(C)cc2)n1. The van der Waals surface area contributed by atoms with Gasteiger partial charge in [-0.05, 0) is 31.5 Å². The van der Waals surface area contributed by atoms with Gasteiger partial charge in [-0.2, -0.15) is 17.6 Å². The minimum absolute atomic E-state index is 0.0488. The van der Waals surface area contributed by atoms with Gasteiger partial charge in [0.25, 0.3) is 10.0 Å². The summed E-state index contributed by atoms with van der Waals surface area (Å²) in [6.07, 6.45) is -0.352. The molecule has 24 heavy (non-hydrogen) atoms. The quantitative estimate of drug-likeness (QED) is 0.596. The van der Waals surface area contributed by atoms with Crippen LogP contribution in [0.3, 0.4) is 0 Å². The van der Waals surface area contributed by atoms with Gasteiger partial charge in [0.2, 0.25) is 0 Å². The second kappa shape index (κ2) is 7.06. The lowest BCUT2D eigenvalue weighted by molar-refractivity contribution is -0.126. The Kier molecular flexibility index (Phi) is 5.30. The molecule has 0 aliphatic rings. The Morgan fingerprint density at radius 1 is 1.21 bits per heavy atom. The highest BCUT2D eigenvalue weighted by molar-refractivity contribution is 7.89. The highest BCUT2D eigenvalue weighted by Crippen LogP contribution is 2.15. The fourth-order valence-corrected chi connectivity index (χ4v) is 3.11. The third-order valence-corrected chi connectivity index (χ3v) is 5.07. The first kappa shape index (κ1) is 18.0. The summed E-state index contributed by atoms with van der Waals surface area (Å²) in [6.45, 7) is 3.46. The molecule has 1 N–H and O–H groups in total. The van der Waals surface area contributed by atoms with E-state index in [1.165, 1.54) is 18.2 Å². The zero-order valence-corrected chi connectivity index (χ0v) is 14.2. The summed E-state index contributed by atoms with van der Waals surface area (Å²) in [4.78, 5) is 23.6. The third-order valence-electron chi connectivity index (χ3n) is 3.51. The second-order valence-electron chi connectivity index (χ2n) is 5.38. The standard InChI is InChI=1S/C16H18N2O5S/c1-3-14(19)16(21)10-15(20)13-8-9-18(17-13)24(22,23)12-6-4-11(2)5-7-12/h4-9,14,19H,3,10H2,1-2H3. The maximum atomic E-state index is 12.4. The van der Waals surface area contributed by atoms with Gasteiger partial charge in [-0.3, -0.25) is 9.59 Å². The summed E-state index contributed by atoms with van der Waals surface area (Å²) in [5, 5.41) is 13.2. The summed E-state index contributed by atoms with van der Waals surface area (Å²) in [5.74, 6) is -1.25. The number of hydrogen-bond acceptors (Lipinski definition) is 6. The van der Waals surface area contributed by atoms with E-state index in [2.05, 4.69) is 5.10 Å². The first-order valence-corrected chi connectivity index (χ1v) is 8.81. The van der Waals surface area contributed by atoms with Crippen LogP contribution in [0.1, 0.15) is 35.8 Å². The number of aliphatic hydroxyl groups excluding tert-OH is 1. The molecule has 128 valence electrons. The van der Waals surface area contributed by atoms with E-state index in [4.69, 9.17) is 0 Å². The van der Waals surface area contributed by atoms with Crippen LogP contribution in [0, 0.1) is 6.92 Å². The average molecular weight is 350 g/mol. The van der Waals surface area contributed by atoms with Gasteiger partial charge in [0.05, 0.1) is 11.3 Å². The minimum Gasteiger partial charge on any atom is -0.385 e. The molecule has 0 radical (unpaired) electrons. The van der Waals surface area contributed by atoms with E-state index in [9.17, 15) is 23.1 Å². The number of benzene rings is 1. The molecule has 0 aliphatic carbocycles. The van der Waals surface area contributed by atoms with Crippen molar-refractivity contribution in [2.45, 2.75) is 37.7 Å². The van der Waals surface area contributed by atoms with Crippen molar-refractivity contribution >= 4 is 21.6 Å². The molecular weight excluding hydrogens is 332 g/mol. The lowest BCUT2D eigenvalue weighted by Gasteiger charge is -2.05. The molecule has 2 aromatic rings. The lowest BCUT2D eigenvalue weighted by Crippen LogP contribution is -2.22. The summed E-state index contributed by atoms with van der Waals surface area (Å²) < 4.78 is 25.6. The summed E-state index contributed by atoms with van der Waals surface area (Å²) in [6, 6.07) is 7.46. The molecule has 0 spiro atoms. The molecule has 1 unspecified atom stereocenters. The van der Waals surface area contributed by atoms with Crippen molar-refractivity contribution in [3.63, 3.8) is 0 Å². The number of aromatic nitrogens is 2. The maximum absolute atomic E-state index is 12.4. The Balaban J connectivity index is 2.22. The molecule has 0 saturated carbocycles. The number of aliphatic hydroxyl groups is 1. The van der Waals surface area contributed by atoms with Crippen LogP contribution < -0.4 is 0 Å². The Morgan fingerprint density at radius 3 is 2.42 bits per heavy atom. The fraction of sp³-hybridized carbons (Fsp3) is 0.312. The van der Waals surface area contributed by atoms with Gasteiger partial charge in [-0.15, -0.1) is 0 Å². The van der Waals surface area contributed by atoms with Crippen LogP contribution >= 0.6 is 0 Å². The number of Topliss-reactive ketones (excluding diaryl/α,β-unsaturated/α-hetero) is 2. The summed E-state index contributed by atoms with van der Waals surface area (Å²) in [7, 11) is -3.90. The first-order chi connectivity index (χ1) is 11.3. The summed E-state index contributed by atoms with van der Waals surface area (Å²) in [5.41, 5.74) is 0.778. The molecule has 7 nitrogen and oxygen atoms in total. The zero-order chi connectivity index (χ0) is 17.9. The molecule has 8 heteroatoms. The number of ketones is 2. The van der Waals surface area contributed by atoms with E-state index in [1.807, 2.05) is 6.92 Å². The van der Waals surface area contributed by atoms with Crippen molar-refractivity contribution in [2.75, 3.05) is 0 Å². The van der Waals surface area contributed by atoms with Crippen LogP contribution in [0.5, 0.6) is 0 Å². The molecule has 1 aromatic heterocycles. The maximum Gasteiger partial charge on any atom is 0.282 e. The average Bonchev–Trinajstić information content (AvgIpc) is 3.05. The molecule has 2 rings (SSSR count). The van der Waals surface area contributed by atoms with E-state index in [1.54, 1.807) is 19.1 Å². The van der Waals surface area contributed by atoms with E-state index in [0.717, 1.165) is 11.8 Å². The van der Waals surface area contributed by atoms with Gasteiger partial charge in [0, 0.05) is 6.20 Å². The number of nitrogens with zero attached hydrogens (tertiary/aromatic N) is 2. The van der Waals surface area contributed by atoms with Crippen LogP contribution in [0.25, 0.3) is 0 Å². The Hall–Kier alpha value is -2.32. The highest BCUT2D eigenvalue weighted by Gasteiger charge is 2.22. The van der Waals surface area contributed by atoms with E-state index < -0.39 is 34.1 Å². The van der Waals surface area contributed by atoms with E-state index in [0.29, 0.717) is 4.09 Å². The highest BCUT2D eigenvalue weighted by atomic mass is 32.2. The largest absolute Gasteiger partial charge is 0.385 e. The van der Waals surface area contributed by atoms with Crippen molar-refractivity contribution in [1.29, 1.82) is 0 Å². The Morgan fingerprint density at radius 2 is 1.83 bits per heavy atom. The van der Waals surface area contributed by atoms with Crippen molar-refractivity contribution in [2.24, 2.45) is 0 Å². The van der Waals surface area contributed by atoms with Crippen molar-refractivity contribution in [3.05, 3.63) is 47.8 Å². The van der Waals surface area contributed by atoms with Gasteiger partial charge in [0.15, 0.2) is 11.6 Å². The molecule has 1 atom stereocenters. The minimum atomic E-state index is -3.90. The molecule has 1 aromatic carbocycles. The lowest BCUT2D eigenvalue weighted by atomic mass is 10.1. The fourth-order valence-electron chi connectivity index (χ4n) is 2.00. The number of carbonyl (C=O) groups excluding carboxylic acids is 2. The van der Waals surface area contributed by atoms with Crippen LogP contribution in [0.2, 0.25) is 0 Å². The topological polar surface area (TPSA) is 106 Å². The predicted molar refractivity (Wildman–Crippen MR) is 86.2 cm³/mol. The molecule has 0 saturated heterocycles. The Bertz CT molecular complexity index is 853.